The molecule has 13 heteroatoms. The first-order valence-electron chi connectivity index (χ1n) is 21.9. The van der Waals surface area contributed by atoms with Crippen LogP contribution in [0.5, 0.6) is 0 Å². The van der Waals surface area contributed by atoms with E-state index in [1.54, 1.807) is 79.7 Å². The van der Waals surface area contributed by atoms with Crippen LogP contribution in [0.15, 0.2) is 158 Å². The molecule has 0 spiro atoms. The zero-order valence-electron chi connectivity index (χ0n) is 37.1. The predicted octanol–water partition coefficient (Wildman–Crippen LogP) is 6.64. The third kappa shape index (κ3) is 12.2. The van der Waals surface area contributed by atoms with Crippen molar-refractivity contribution in [2.75, 3.05) is 10.6 Å². The number of carbonyl (C=O) groups excluding carboxylic acids is 6. The molecule has 0 aromatic heterocycles. The molecule has 6 aromatic carbocycles. The first kappa shape index (κ1) is 47.6. The number of primary amides is 1. The van der Waals surface area contributed by atoms with Crippen LogP contribution < -0.4 is 38.1 Å². The van der Waals surface area contributed by atoms with Gasteiger partial charge in [0.1, 0.15) is 18.1 Å². The Morgan fingerprint density at radius 1 is 0.470 bits per heavy atom. The number of nitrogens with one attached hydrogen (secondary N) is 5. The average molecular weight is 886 g/mol. The molecule has 6 aromatic rings. The Bertz CT molecular complexity index is 2670. The van der Waals surface area contributed by atoms with Crippen LogP contribution in [0.4, 0.5) is 11.4 Å². The Morgan fingerprint density at radius 2 is 0.848 bits per heavy atom. The molecule has 0 aliphatic carbocycles. The highest BCUT2D eigenvalue weighted by molar-refractivity contribution is 6.09. The molecule has 0 saturated heterocycles. The number of rotatable bonds is 19. The summed E-state index contributed by atoms with van der Waals surface area (Å²) in [6.07, 6.45) is 0.848. The van der Waals surface area contributed by atoms with Gasteiger partial charge in [-0.25, -0.2) is 0 Å². The minimum Gasteiger partial charge on any atom is -0.368 e. The number of hydrogen-bond acceptors (Lipinski definition) is 7. The second kappa shape index (κ2) is 22.6. The first-order valence-corrected chi connectivity index (χ1v) is 21.9. The van der Waals surface area contributed by atoms with Crippen molar-refractivity contribution in [3.05, 3.63) is 180 Å². The summed E-state index contributed by atoms with van der Waals surface area (Å²) in [5.41, 5.74) is 16.5. The van der Waals surface area contributed by atoms with E-state index in [9.17, 15) is 28.8 Å². The molecule has 338 valence electrons. The molecule has 0 unspecified atom stereocenters. The summed E-state index contributed by atoms with van der Waals surface area (Å²) < 4.78 is 0. The third-order valence-corrected chi connectivity index (χ3v) is 11.3. The van der Waals surface area contributed by atoms with Gasteiger partial charge >= 0.3 is 0 Å². The molecule has 13 nitrogen and oxygen atoms in total. The van der Waals surface area contributed by atoms with Gasteiger partial charge in [0.2, 0.25) is 23.6 Å². The van der Waals surface area contributed by atoms with Crippen molar-refractivity contribution < 1.29 is 28.8 Å². The fourth-order valence-electron chi connectivity index (χ4n) is 7.53. The van der Waals surface area contributed by atoms with E-state index >= 15 is 0 Å². The number of carbonyl (C=O) groups is 6. The topological polar surface area (TPSA) is 215 Å². The third-order valence-electron chi connectivity index (χ3n) is 11.3. The monoisotopic (exact) mass is 885 g/mol. The lowest BCUT2D eigenvalue weighted by Gasteiger charge is -2.25. The van der Waals surface area contributed by atoms with Crippen molar-refractivity contribution in [3.8, 4) is 22.3 Å². The van der Waals surface area contributed by atoms with Crippen LogP contribution in [0.25, 0.3) is 22.3 Å². The minimum atomic E-state index is -1.10. The van der Waals surface area contributed by atoms with Crippen molar-refractivity contribution in [2.45, 2.75) is 64.2 Å². The second-order valence-electron chi connectivity index (χ2n) is 16.2. The van der Waals surface area contributed by atoms with Gasteiger partial charge in [-0.05, 0) is 59.4 Å². The van der Waals surface area contributed by atoms with Crippen molar-refractivity contribution in [3.63, 3.8) is 0 Å². The summed E-state index contributed by atoms with van der Waals surface area (Å²) in [5.74, 6) is -3.53. The Labute approximate surface area is 384 Å². The Kier molecular flexibility index (Phi) is 16.3. The largest absolute Gasteiger partial charge is 0.368 e. The van der Waals surface area contributed by atoms with Gasteiger partial charge in [-0.3, -0.25) is 28.8 Å². The van der Waals surface area contributed by atoms with Crippen molar-refractivity contribution in [1.82, 2.24) is 16.0 Å². The van der Waals surface area contributed by atoms with Gasteiger partial charge in [-0.1, -0.05) is 154 Å². The molecule has 6 rings (SSSR count). The summed E-state index contributed by atoms with van der Waals surface area (Å²) in [4.78, 5) is 82.2. The molecule has 0 fully saturated rings. The van der Waals surface area contributed by atoms with Gasteiger partial charge in [-0.2, -0.15) is 0 Å². The van der Waals surface area contributed by atoms with Gasteiger partial charge in [0, 0.05) is 46.5 Å². The van der Waals surface area contributed by atoms with E-state index in [-0.39, 0.29) is 35.8 Å². The molecule has 0 bridgehead atoms. The van der Waals surface area contributed by atoms with Gasteiger partial charge in [-0.15, -0.1) is 0 Å². The molecular formula is C53H55N7O6. The Balaban J connectivity index is 1.29. The Morgan fingerprint density at radius 3 is 1.27 bits per heavy atom. The number of hydrogen-bond donors (Lipinski definition) is 7. The number of para-hydroxylation sites is 2. The van der Waals surface area contributed by atoms with Crippen LogP contribution in [0.3, 0.4) is 0 Å². The first-order chi connectivity index (χ1) is 31.8. The highest BCUT2D eigenvalue weighted by atomic mass is 16.2. The van der Waals surface area contributed by atoms with Crippen molar-refractivity contribution >= 4 is 46.8 Å². The molecule has 0 aliphatic heterocycles. The number of amides is 6. The molecular weight excluding hydrogens is 831 g/mol. The number of benzene rings is 6. The van der Waals surface area contributed by atoms with E-state index in [1.165, 1.54) is 0 Å². The lowest BCUT2D eigenvalue weighted by atomic mass is 9.93. The van der Waals surface area contributed by atoms with Crippen molar-refractivity contribution in [2.24, 2.45) is 17.4 Å². The fourth-order valence-corrected chi connectivity index (χ4v) is 7.53. The summed E-state index contributed by atoms with van der Waals surface area (Å²) in [5, 5.41) is 14.5. The van der Waals surface area contributed by atoms with Crippen LogP contribution in [-0.2, 0) is 32.0 Å². The minimum absolute atomic E-state index is 0.123. The lowest BCUT2D eigenvalue weighted by Crippen LogP contribution is -2.55. The van der Waals surface area contributed by atoms with Gasteiger partial charge < -0.3 is 38.1 Å². The van der Waals surface area contributed by atoms with Crippen molar-refractivity contribution in [1.29, 1.82) is 0 Å². The van der Waals surface area contributed by atoms with Crippen LogP contribution in [0.2, 0.25) is 0 Å². The highest BCUT2D eigenvalue weighted by Crippen LogP contribution is 2.34. The van der Waals surface area contributed by atoms with Crippen LogP contribution in [0.1, 0.15) is 59.0 Å². The summed E-state index contributed by atoms with van der Waals surface area (Å²) in [6, 6.07) is 42.4. The van der Waals surface area contributed by atoms with E-state index in [4.69, 9.17) is 11.5 Å². The van der Waals surface area contributed by atoms with Crippen LogP contribution in [-0.4, -0.2) is 59.6 Å². The Hall–Kier alpha value is -7.90. The number of anilines is 2. The van der Waals surface area contributed by atoms with Gasteiger partial charge in [0.15, 0.2) is 0 Å². The highest BCUT2D eigenvalue weighted by Gasteiger charge is 2.30. The quantitative estimate of drug-likeness (QED) is 0.0470. The molecule has 0 saturated carbocycles. The van der Waals surface area contributed by atoms with E-state index in [0.717, 1.165) is 11.1 Å². The lowest BCUT2D eigenvalue weighted by molar-refractivity contribution is -0.129. The predicted molar refractivity (Wildman–Crippen MR) is 258 cm³/mol. The zero-order chi connectivity index (χ0) is 47.2. The second-order valence-corrected chi connectivity index (χ2v) is 16.2. The van der Waals surface area contributed by atoms with Gasteiger partial charge in [0.05, 0.1) is 6.04 Å². The normalized spacial score (nSPS) is 13.2. The summed E-state index contributed by atoms with van der Waals surface area (Å²) in [6.45, 7) is 5.29. The van der Waals surface area contributed by atoms with E-state index in [2.05, 4.69) is 26.6 Å². The average Bonchev–Trinajstić information content (AvgIpc) is 3.33. The maximum absolute atomic E-state index is 14.5. The molecule has 5 atom stereocenters. The van der Waals surface area contributed by atoms with E-state index < -0.39 is 53.7 Å². The standard InChI is InChI=1S/C53H55N7O6/c1-4-33(2)47(48(55)61)60-53(66)46(32-36-21-9-6-10-22-36)59-51(64)42-28-14-12-24-38(42)37-23-11-13-27-41(37)50(63)58-45(31-35-19-7-5-8-20-35)52(65)57-44-30-18-16-26-40(44)39-25-15-17-29-43(39)56-49(62)34(3)54/h5-30,33-34,45-47H,4,31-32,54H2,1-3H3,(H2,55,61)(H,56,62)(H,57,65)(H,58,63)(H,59,64)(H,60,66)/t33-,34+,45+,46+,47+/m1/s1. The summed E-state index contributed by atoms with van der Waals surface area (Å²) >= 11 is 0. The van der Waals surface area contributed by atoms with E-state index in [0.29, 0.717) is 40.0 Å². The van der Waals surface area contributed by atoms with Crippen LogP contribution >= 0.6 is 0 Å². The molecule has 0 heterocycles. The maximum Gasteiger partial charge on any atom is 0.252 e. The SMILES string of the molecule is CC[C@@H](C)[C@H](NC(=O)[C@H](Cc1ccccc1)NC(=O)c1ccccc1-c1ccccc1C(=O)N[C@@H](Cc1ccccc1)C(=O)Nc1ccccc1-c1ccccc1NC(=O)[C@H](C)N)C(N)=O. The van der Waals surface area contributed by atoms with Crippen LogP contribution in [0, 0.1) is 5.92 Å². The smallest absolute Gasteiger partial charge is 0.252 e. The van der Waals surface area contributed by atoms with E-state index in [1.807, 2.05) is 98.8 Å². The zero-order valence-corrected chi connectivity index (χ0v) is 37.1. The molecule has 0 radical (unpaired) electrons. The van der Waals surface area contributed by atoms with Gasteiger partial charge in [0.25, 0.3) is 11.8 Å². The molecule has 9 N–H and O–H groups in total. The molecule has 6 amide bonds. The number of nitrogens with two attached hydrogens (primary N) is 2. The maximum atomic E-state index is 14.5. The molecule has 0 aliphatic rings. The fraction of sp³-hybridized carbons (Fsp3) is 0.208. The summed E-state index contributed by atoms with van der Waals surface area (Å²) in [7, 11) is 0. The molecule has 66 heavy (non-hydrogen) atoms.